The van der Waals surface area contributed by atoms with Crippen LogP contribution in [0.2, 0.25) is 0 Å². The Bertz CT molecular complexity index is 792. The van der Waals surface area contributed by atoms with Crippen LogP contribution in [0.4, 0.5) is 0 Å². The molecule has 0 spiro atoms. The molecule has 0 aromatic carbocycles. The summed E-state index contributed by atoms with van der Waals surface area (Å²) < 4.78 is 10.7. The zero-order valence-electron chi connectivity index (χ0n) is 13.5. The van der Waals surface area contributed by atoms with Gasteiger partial charge in [-0.2, -0.15) is 11.3 Å². The highest BCUT2D eigenvalue weighted by atomic mass is 32.1. The van der Waals surface area contributed by atoms with Gasteiger partial charge in [0.1, 0.15) is 0 Å². The van der Waals surface area contributed by atoms with Crippen molar-refractivity contribution in [2.24, 2.45) is 0 Å². The molecule has 1 amide bonds. The molecule has 3 aromatic rings. The highest BCUT2D eigenvalue weighted by Gasteiger charge is 2.12. The van der Waals surface area contributed by atoms with Crippen molar-refractivity contribution in [3.8, 4) is 11.5 Å². The Labute approximate surface area is 143 Å². The number of nitrogens with zero attached hydrogens (tertiary/aromatic N) is 3. The third kappa shape index (κ3) is 4.08. The minimum Gasteiger partial charge on any atom is -0.421 e. The van der Waals surface area contributed by atoms with E-state index in [1.54, 1.807) is 11.3 Å². The van der Waals surface area contributed by atoms with Crippen molar-refractivity contribution in [2.75, 3.05) is 0 Å². The number of thiophene rings is 1. The lowest BCUT2D eigenvalue weighted by atomic mass is 10.1. The minimum atomic E-state index is -0.104. The van der Waals surface area contributed by atoms with Crippen molar-refractivity contribution in [1.29, 1.82) is 0 Å². The second kappa shape index (κ2) is 7.39. The molecule has 0 bridgehead atoms. The smallest absolute Gasteiger partial charge is 0.248 e. The first-order valence-electron chi connectivity index (χ1n) is 7.69. The summed E-state index contributed by atoms with van der Waals surface area (Å²) in [5.74, 6) is 1.77. The number of amides is 1. The van der Waals surface area contributed by atoms with Crippen molar-refractivity contribution < 1.29 is 13.7 Å². The highest BCUT2D eigenvalue weighted by Crippen LogP contribution is 2.20. The lowest BCUT2D eigenvalue weighted by Crippen LogP contribution is -2.22. The number of aromatic nitrogens is 3. The molecule has 1 N–H and O–H groups in total. The van der Waals surface area contributed by atoms with Crippen LogP contribution in [0, 0.1) is 0 Å². The molecular weight excluding hydrogens is 328 g/mol. The van der Waals surface area contributed by atoms with E-state index in [1.165, 1.54) is 0 Å². The number of carbonyl (C=O) groups excluding carboxylic acids is 1. The second-order valence-corrected chi connectivity index (χ2v) is 6.44. The molecule has 7 nitrogen and oxygen atoms in total. The summed E-state index contributed by atoms with van der Waals surface area (Å²) in [4.78, 5) is 11.9. The number of carbonyl (C=O) groups is 1. The van der Waals surface area contributed by atoms with E-state index in [1.807, 2.05) is 36.7 Å². The minimum absolute atomic E-state index is 0.104. The van der Waals surface area contributed by atoms with Gasteiger partial charge in [-0.25, -0.2) is 0 Å². The van der Waals surface area contributed by atoms with Crippen LogP contribution >= 0.6 is 11.3 Å². The molecule has 3 aromatic heterocycles. The van der Waals surface area contributed by atoms with Crippen LogP contribution in [0.5, 0.6) is 0 Å². The van der Waals surface area contributed by atoms with Gasteiger partial charge in [0.15, 0.2) is 5.76 Å². The average Bonchev–Trinajstić information content (AvgIpc) is 3.31. The van der Waals surface area contributed by atoms with E-state index in [0.717, 1.165) is 11.3 Å². The van der Waals surface area contributed by atoms with E-state index < -0.39 is 0 Å². The van der Waals surface area contributed by atoms with E-state index >= 15 is 0 Å². The standard InChI is InChI=1S/C16H18N4O3S/c1-10(2)13-7-12(23-20-13)8-17-14(21)3-4-15-18-19-16(22-15)11-5-6-24-9-11/h5-7,9-10H,3-4,8H2,1-2H3,(H,17,21). The number of rotatable bonds is 7. The molecule has 3 rings (SSSR count). The monoisotopic (exact) mass is 346 g/mol. The Balaban J connectivity index is 1.45. The summed E-state index contributed by atoms with van der Waals surface area (Å²) in [6, 6.07) is 3.77. The topological polar surface area (TPSA) is 94.1 Å². The normalized spacial score (nSPS) is 11.1. The van der Waals surface area contributed by atoms with Gasteiger partial charge in [-0.3, -0.25) is 4.79 Å². The summed E-state index contributed by atoms with van der Waals surface area (Å²) in [7, 11) is 0. The maximum absolute atomic E-state index is 11.9. The summed E-state index contributed by atoms with van der Waals surface area (Å²) in [6.07, 6.45) is 0.674. The van der Waals surface area contributed by atoms with Crippen LogP contribution < -0.4 is 5.32 Å². The molecule has 8 heteroatoms. The third-order valence-electron chi connectivity index (χ3n) is 3.43. The van der Waals surface area contributed by atoms with Crippen LogP contribution in [-0.4, -0.2) is 21.3 Å². The molecule has 3 heterocycles. The predicted molar refractivity (Wildman–Crippen MR) is 88.4 cm³/mol. The van der Waals surface area contributed by atoms with Gasteiger partial charge in [0.05, 0.1) is 12.2 Å². The molecule has 0 atom stereocenters. The van der Waals surface area contributed by atoms with Gasteiger partial charge in [-0.1, -0.05) is 19.0 Å². The van der Waals surface area contributed by atoms with Gasteiger partial charge in [-0.05, 0) is 17.4 Å². The molecule has 126 valence electrons. The van der Waals surface area contributed by atoms with Crippen molar-refractivity contribution in [3.63, 3.8) is 0 Å². The number of hydrogen-bond donors (Lipinski definition) is 1. The Morgan fingerprint density at radius 1 is 1.38 bits per heavy atom. The Kier molecular flexibility index (Phi) is 5.05. The Morgan fingerprint density at radius 3 is 2.96 bits per heavy atom. The lowest BCUT2D eigenvalue weighted by Gasteiger charge is -2.00. The van der Waals surface area contributed by atoms with Crippen LogP contribution in [0.25, 0.3) is 11.5 Å². The van der Waals surface area contributed by atoms with Crippen molar-refractivity contribution in [2.45, 2.75) is 39.2 Å². The van der Waals surface area contributed by atoms with Crippen molar-refractivity contribution in [3.05, 3.63) is 40.2 Å². The Morgan fingerprint density at radius 2 is 2.25 bits per heavy atom. The molecule has 0 fully saturated rings. The van der Waals surface area contributed by atoms with E-state index in [4.69, 9.17) is 8.94 Å². The van der Waals surface area contributed by atoms with Gasteiger partial charge in [0.2, 0.25) is 17.7 Å². The molecule has 0 saturated carbocycles. The molecule has 0 aliphatic heterocycles. The van der Waals surface area contributed by atoms with Gasteiger partial charge >= 0.3 is 0 Å². The average molecular weight is 346 g/mol. The van der Waals surface area contributed by atoms with E-state index in [-0.39, 0.29) is 12.3 Å². The van der Waals surface area contributed by atoms with Crippen molar-refractivity contribution >= 4 is 17.2 Å². The highest BCUT2D eigenvalue weighted by molar-refractivity contribution is 7.08. The fourth-order valence-corrected chi connectivity index (χ4v) is 2.67. The second-order valence-electron chi connectivity index (χ2n) is 5.66. The zero-order valence-corrected chi connectivity index (χ0v) is 14.3. The van der Waals surface area contributed by atoms with Gasteiger partial charge in [-0.15, -0.1) is 10.2 Å². The van der Waals surface area contributed by atoms with Crippen LogP contribution in [0.15, 0.2) is 31.8 Å². The first kappa shape index (κ1) is 16.4. The fraction of sp³-hybridized carbons (Fsp3) is 0.375. The molecule has 0 unspecified atom stereocenters. The summed E-state index contributed by atoms with van der Waals surface area (Å²) >= 11 is 1.56. The van der Waals surface area contributed by atoms with Crippen LogP contribution in [-0.2, 0) is 17.8 Å². The molecule has 0 aliphatic carbocycles. The van der Waals surface area contributed by atoms with Gasteiger partial charge < -0.3 is 14.3 Å². The SMILES string of the molecule is CC(C)c1cc(CNC(=O)CCc2nnc(-c3ccsc3)o2)on1. The van der Waals surface area contributed by atoms with Crippen LogP contribution in [0.1, 0.15) is 43.5 Å². The summed E-state index contributed by atoms with van der Waals surface area (Å²) in [5, 5.41) is 18.6. The fourth-order valence-electron chi connectivity index (χ4n) is 2.04. The van der Waals surface area contributed by atoms with E-state index in [9.17, 15) is 4.79 Å². The quantitative estimate of drug-likeness (QED) is 0.706. The maximum Gasteiger partial charge on any atom is 0.248 e. The molecule has 0 radical (unpaired) electrons. The van der Waals surface area contributed by atoms with E-state index in [2.05, 4.69) is 20.7 Å². The molecule has 0 aliphatic rings. The maximum atomic E-state index is 11.9. The number of aryl methyl sites for hydroxylation is 1. The Hall–Kier alpha value is -2.48. The molecular formula is C16H18N4O3S. The third-order valence-corrected chi connectivity index (χ3v) is 4.11. The van der Waals surface area contributed by atoms with Crippen LogP contribution in [0.3, 0.4) is 0 Å². The van der Waals surface area contributed by atoms with Gasteiger partial charge in [0.25, 0.3) is 0 Å². The first-order valence-corrected chi connectivity index (χ1v) is 8.63. The number of hydrogen-bond acceptors (Lipinski definition) is 7. The lowest BCUT2D eigenvalue weighted by molar-refractivity contribution is -0.121. The van der Waals surface area contributed by atoms with Crippen molar-refractivity contribution in [1.82, 2.24) is 20.7 Å². The largest absolute Gasteiger partial charge is 0.421 e. The van der Waals surface area contributed by atoms with E-state index in [0.29, 0.717) is 36.4 Å². The first-order chi connectivity index (χ1) is 11.6. The van der Waals surface area contributed by atoms with Gasteiger partial charge in [0, 0.05) is 29.9 Å². The molecule has 24 heavy (non-hydrogen) atoms. The predicted octanol–water partition coefficient (Wildman–Crippen LogP) is 3.16. The zero-order chi connectivity index (χ0) is 16.9. The summed E-state index contributed by atoms with van der Waals surface area (Å²) in [6.45, 7) is 4.40. The summed E-state index contributed by atoms with van der Waals surface area (Å²) in [5.41, 5.74) is 1.78. The molecule has 0 saturated heterocycles. The number of nitrogens with one attached hydrogen (secondary N) is 1.